The van der Waals surface area contributed by atoms with Crippen molar-refractivity contribution in [3.8, 4) is 28.1 Å². The number of aromatic nitrogens is 4. The van der Waals surface area contributed by atoms with Crippen LogP contribution in [0.3, 0.4) is 0 Å². The zero-order chi connectivity index (χ0) is 38.4. The fourth-order valence-electron chi connectivity index (χ4n) is 6.58. The van der Waals surface area contributed by atoms with Crippen LogP contribution in [0.4, 0.5) is 10.1 Å². The van der Waals surface area contributed by atoms with Gasteiger partial charge in [-0.1, -0.05) is 24.6 Å². The molecule has 1 fully saturated rings. The van der Waals surface area contributed by atoms with Crippen LogP contribution >= 0.6 is 11.6 Å². The van der Waals surface area contributed by atoms with Gasteiger partial charge in [0.1, 0.15) is 0 Å². The molecule has 15 heteroatoms. The Morgan fingerprint density at radius 3 is 2.36 bits per heavy atom. The standard InChI is InChI=1S/C38H48ClFN8O5/c1-8-25(13-14-44(3)4)37(50)46-15-17-47(18-16-46)38(51)28-10-9-26(21-31(28)39)43-36(49)35-41-23-32(45(35)5)29-12-11-27(33(40)34(29)53-7)30-22-42-48(24(30)2)19-20-52-6/h9-12,21-23,25H,8,13-20H2,1-7H3,(H,43,49). The Bertz CT molecular complexity index is 1950. The number of methoxy groups -OCH3 is 2. The van der Waals surface area contributed by atoms with E-state index in [4.69, 9.17) is 21.1 Å². The highest BCUT2D eigenvalue weighted by Crippen LogP contribution is 2.39. The highest BCUT2D eigenvalue weighted by atomic mass is 35.5. The van der Waals surface area contributed by atoms with Crippen molar-refractivity contribution >= 4 is 35.0 Å². The van der Waals surface area contributed by atoms with Crippen LogP contribution < -0.4 is 10.1 Å². The summed E-state index contributed by atoms with van der Waals surface area (Å²) in [5.41, 5.74) is 3.30. The molecule has 1 aliphatic heterocycles. The van der Waals surface area contributed by atoms with Crippen molar-refractivity contribution in [1.29, 1.82) is 0 Å². The lowest BCUT2D eigenvalue weighted by Crippen LogP contribution is -2.52. The van der Waals surface area contributed by atoms with Gasteiger partial charge in [-0.25, -0.2) is 9.37 Å². The number of piperazine rings is 1. The number of rotatable bonds is 14. The van der Waals surface area contributed by atoms with Gasteiger partial charge in [-0.15, -0.1) is 0 Å². The summed E-state index contributed by atoms with van der Waals surface area (Å²) in [6, 6.07) is 8.08. The first-order valence-electron chi connectivity index (χ1n) is 17.6. The summed E-state index contributed by atoms with van der Waals surface area (Å²) in [6.45, 7) is 7.48. The Balaban J connectivity index is 1.25. The number of nitrogens with zero attached hydrogens (tertiary/aromatic N) is 7. The zero-order valence-electron chi connectivity index (χ0n) is 31.4. The van der Waals surface area contributed by atoms with Gasteiger partial charge in [0.05, 0.1) is 48.9 Å². The predicted molar refractivity (Wildman–Crippen MR) is 202 cm³/mol. The fourth-order valence-corrected chi connectivity index (χ4v) is 6.84. The van der Waals surface area contributed by atoms with Crippen molar-refractivity contribution in [2.45, 2.75) is 33.2 Å². The van der Waals surface area contributed by atoms with Gasteiger partial charge in [-0.2, -0.15) is 5.10 Å². The normalized spacial score (nSPS) is 13.8. The second-order valence-corrected chi connectivity index (χ2v) is 13.8. The summed E-state index contributed by atoms with van der Waals surface area (Å²) >= 11 is 6.58. The Hall–Kier alpha value is -4.79. The number of carbonyl (C=O) groups is 3. The Labute approximate surface area is 314 Å². The minimum Gasteiger partial charge on any atom is -0.493 e. The molecular formula is C38H48ClFN8O5. The number of nitrogens with one attached hydrogen (secondary N) is 1. The summed E-state index contributed by atoms with van der Waals surface area (Å²) in [6.07, 6.45) is 4.67. The average Bonchev–Trinajstić information content (AvgIpc) is 3.71. The molecular weight excluding hydrogens is 703 g/mol. The van der Waals surface area contributed by atoms with Crippen LogP contribution in [0.25, 0.3) is 22.4 Å². The Morgan fingerprint density at radius 2 is 1.72 bits per heavy atom. The molecule has 2 aromatic carbocycles. The lowest BCUT2D eigenvalue weighted by Gasteiger charge is -2.36. The largest absolute Gasteiger partial charge is 0.493 e. The third-order valence-electron chi connectivity index (χ3n) is 9.77. The van der Waals surface area contributed by atoms with Crippen LogP contribution in [0.2, 0.25) is 5.02 Å². The topological polar surface area (TPSA) is 127 Å². The molecule has 5 rings (SSSR count). The van der Waals surface area contributed by atoms with Crippen LogP contribution in [-0.2, 0) is 23.1 Å². The van der Waals surface area contributed by atoms with E-state index in [1.165, 1.54) is 19.4 Å². The number of hydrogen-bond donors (Lipinski definition) is 1. The smallest absolute Gasteiger partial charge is 0.291 e. The molecule has 0 saturated carbocycles. The molecule has 0 bridgehead atoms. The first kappa shape index (κ1) is 39.4. The van der Waals surface area contributed by atoms with Crippen molar-refractivity contribution in [1.82, 2.24) is 34.0 Å². The molecule has 284 valence electrons. The number of anilines is 1. The minimum absolute atomic E-state index is 0.00621. The SMILES string of the molecule is CCC(CCN(C)C)C(=O)N1CCN(C(=O)c2ccc(NC(=O)c3ncc(-c4ccc(-c5cnn(CCOC)c5C)c(F)c4OC)n3C)cc2Cl)CC1. The van der Waals surface area contributed by atoms with E-state index in [0.29, 0.717) is 73.0 Å². The van der Waals surface area contributed by atoms with Crippen LogP contribution in [0.1, 0.15) is 46.4 Å². The predicted octanol–water partition coefficient (Wildman–Crippen LogP) is 5.22. The highest BCUT2D eigenvalue weighted by molar-refractivity contribution is 6.34. The molecule has 0 aliphatic carbocycles. The van der Waals surface area contributed by atoms with Crippen LogP contribution in [0.5, 0.6) is 5.75 Å². The molecule has 3 heterocycles. The molecule has 1 atom stereocenters. The summed E-state index contributed by atoms with van der Waals surface area (Å²) in [4.78, 5) is 49.9. The van der Waals surface area contributed by atoms with Crippen LogP contribution in [0.15, 0.2) is 42.7 Å². The van der Waals surface area contributed by atoms with Gasteiger partial charge in [-0.3, -0.25) is 19.1 Å². The Morgan fingerprint density at radius 1 is 1.02 bits per heavy atom. The van der Waals surface area contributed by atoms with E-state index < -0.39 is 11.7 Å². The number of imidazole rings is 1. The average molecular weight is 751 g/mol. The third kappa shape index (κ3) is 8.55. The first-order chi connectivity index (χ1) is 25.4. The van der Waals surface area contributed by atoms with E-state index in [0.717, 1.165) is 25.1 Å². The molecule has 0 spiro atoms. The van der Waals surface area contributed by atoms with Gasteiger partial charge < -0.3 is 34.1 Å². The van der Waals surface area contributed by atoms with Crippen molar-refractivity contribution in [3.05, 3.63) is 70.6 Å². The lowest BCUT2D eigenvalue weighted by molar-refractivity contribution is -0.137. The summed E-state index contributed by atoms with van der Waals surface area (Å²) in [7, 11) is 8.65. The number of amides is 3. The first-order valence-corrected chi connectivity index (χ1v) is 18.0. The fraction of sp³-hybridized carbons (Fsp3) is 0.447. The Kier molecular flexibility index (Phi) is 12.9. The summed E-state index contributed by atoms with van der Waals surface area (Å²) in [5, 5.41) is 7.35. The maximum absolute atomic E-state index is 16.0. The summed E-state index contributed by atoms with van der Waals surface area (Å²) < 4.78 is 29.9. The van der Waals surface area contributed by atoms with Crippen LogP contribution in [-0.4, -0.2) is 119 Å². The lowest BCUT2D eigenvalue weighted by atomic mass is 10.00. The summed E-state index contributed by atoms with van der Waals surface area (Å²) in [5.74, 6) is -1.16. The van der Waals surface area contributed by atoms with E-state index in [9.17, 15) is 14.4 Å². The quantitative estimate of drug-likeness (QED) is 0.186. The zero-order valence-corrected chi connectivity index (χ0v) is 32.2. The molecule has 3 amide bonds. The number of carbonyl (C=O) groups excluding carboxylic acids is 3. The molecule has 0 radical (unpaired) electrons. The maximum atomic E-state index is 16.0. The molecule has 1 unspecified atom stereocenters. The van der Waals surface area contributed by atoms with Gasteiger partial charge in [0.15, 0.2) is 17.4 Å². The van der Waals surface area contributed by atoms with Gasteiger partial charge in [0, 0.05) is 74.3 Å². The second-order valence-electron chi connectivity index (χ2n) is 13.4. The number of benzene rings is 2. The van der Waals surface area contributed by atoms with Crippen molar-refractivity contribution in [2.24, 2.45) is 13.0 Å². The molecule has 1 saturated heterocycles. The third-order valence-corrected chi connectivity index (χ3v) is 10.1. The number of hydrogen-bond acceptors (Lipinski definition) is 8. The monoisotopic (exact) mass is 750 g/mol. The van der Waals surface area contributed by atoms with E-state index in [1.54, 1.807) is 58.8 Å². The van der Waals surface area contributed by atoms with E-state index in [-0.39, 0.29) is 34.3 Å². The van der Waals surface area contributed by atoms with Gasteiger partial charge >= 0.3 is 0 Å². The van der Waals surface area contributed by atoms with E-state index in [2.05, 4.69) is 20.3 Å². The molecule has 2 aromatic heterocycles. The molecule has 1 N–H and O–H groups in total. The number of halogens is 2. The molecule has 4 aromatic rings. The molecule has 13 nitrogen and oxygen atoms in total. The van der Waals surface area contributed by atoms with Crippen molar-refractivity contribution in [2.75, 3.05) is 73.0 Å². The van der Waals surface area contributed by atoms with Gasteiger partial charge in [-0.05, 0) is 64.7 Å². The number of ether oxygens (including phenoxy) is 2. The van der Waals surface area contributed by atoms with E-state index in [1.807, 2.05) is 32.8 Å². The van der Waals surface area contributed by atoms with E-state index >= 15 is 4.39 Å². The van der Waals surface area contributed by atoms with Crippen LogP contribution in [0, 0.1) is 18.7 Å². The maximum Gasteiger partial charge on any atom is 0.291 e. The van der Waals surface area contributed by atoms with Gasteiger partial charge in [0.2, 0.25) is 5.91 Å². The molecule has 53 heavy (non-hydrogen) atoms. The minimum atomic E-state index is -0.563. The van der Waals surface area contributed by atoms with Crippen molar-refractivity contribution in [3.63, 3.8) is 0 Å². The van der Waals surface area contributed by atoms with Crippen molar-refractivity contribution < 1.29 is 28.2 Å². The molecule has 1 aliphatic rings. The highest BCUT2D eigenvalue weighted by Gasteiger charge is 2.30. The second kappa shape index (κ2) is 17.4. The van der Waals surface area contributed by atoms with Gasteiger partial charge in [0.25, 0.3) is 11.8 Å².